The molecule has 184 valence electrons. The van der Waals surface area contributed by atoms with E-state index in [9.17, 15) is 27.9 Å². The van der Waals surface area contributed by atoms with Gasteiger partial charge in [-0.25, -0.2) is 9.78 Å². The van der Waals surface area contributed by atoms with Crippen molar-refractivity contribution in [3.63, 3.8) is 0 Å². The molecule has 0 fully saturated rings. The van der Waals surface area contributed by atoms with E-state index in [1.807, 2.05) is 0 Å². The van der Waals surface area contributed by atoms with Gasteiger partial charge < -0.3 is 20.5 Å². The minimum Gasteiger partial charge on any atom is -0.467 e. The Morgan fingerprint density at radius 3 is 2.46 bits per heavy atom. The predicted molar refractivity (Wildman–Crippen MR) is 123 cm³/mol. The second-order valence-corrected chi connectivity index (χ2v) is 7.84. The van der Waals surface area contributed by atoms with E-state index in [-0.39, 0.29) is 12.0 Å². The Labute approximate surface area is 200 Å². The lowest BCUT2D eigenvalue weighted by Gasteiger charge is -2.19. The Balaban J connectivity index is 1.73. The number of aliphatic hydroxyl groups excluding tert-OH is 1. The molecule has 35 heavy (non-hydrogen) atoms. The van der Waals surface area contributed by atoms with Gasteiger partial charge >= 0.3 is 12.1 Å². The molecule has 0 bridgehead atoms. The minimum absolute atomic E-state index is 0.227. The van der Waals surface area contributed by atoms with Gasteiger partial charge in [0, 0.05) is 17.4 Å². The van der Waals surface area contributed by atoms with Gasteiger partial charge in [-0.3, -0.25) is 4.79 Å². The Kier molecular flexibility index (Phi) is 8.08. The molecule has 0 saturated heterocycles. The second kappa shape index (κ2) is 11.0. The van der Waals surface area contributed by atoms with Crippen molar-refractivity contribution in [3.05, 3.63) is 89.1 Å². The summed E-state index contributed by atoms with van der Waals surface area (Å²) in [4.78, 5) is 28.6. The van der Waals surface area contributed by atoms with Gasteiger partial charge in [-0.2, -0.15) is 13.2 Å². The van der Waals surface area contributed by atoms with Crippen LogP contribution in [0.3, 0.4) is 0 Å². The van der Waals surface area contributed by atoms with Gasteiger partial charge in [-0.1, -0.05) is 24.3 Å². The SMILES string of the molecule is COC(=O)[C@@H](NC(=O)c1cccc(Nc2cc(Cc3cccc(C(F)(F)F)c3)ccn2)c1)[C@@H](C)O. The number of pyridine rings is 1. The average Bonchev–Trinajstić information content (AvgIpc) is 2.81. The summed E-state index contributed by atoms with van der Waals surface area (Å²) in [5.41, 5.74) is 1.29. The van der Waals surface area contributed by atoms with Crippen LogP contribution in [0.1, 0.15) is 34.0 Å². The molecule has 1 amide bonds. The first-order valence-corrected chi connectivity index (χ1v) is 10.6. The molecule has 0 saturated carbocycles. The number of amides is 1. The lowest BCUT2D eigenvalue weighted by atomic mass is 10.0. The number of alkyl halides is 3. The molecule has 2 atom stereocenters. The predicted octanol–water partition coefficient (Wildman–Crippen LogP) is 4.09. The van der Waals surface area contributed by atoms with Gasteiger partial charge in [0.15, 0.2) is 6.04 Å². The maximum atomic E-state index is 13.0. The van der Waals surface area contributed by atoms with Crippen LogP contribution >= 0.6 is 0 Å². The van der Waals surface area contributed by atoms with Crippen molar-refractivity contribution in [3.8, 4) is 0 Å². The second-order valence-electron chi connectivity index (χ2n) is 7.84. The van der Waals surface area contributed by atoms with E-state index in [0.29, 0.717) is 17.1 Å². The van der Waals surface area contributed by atoms with Crippen LogP contribution in [0.2, 0.25) is 0 Å². The van der Waals surface area contributed by atoms with Crippen LogP contribution in [0.15, 0.2) is 66.9 Å². The number of hydrogen-bond acceptors (Lipinski definition) is 6. The van der Waals surface area contributed by atoms with Crippen LogP contribution in [-0.4, -0.2) is 41.2 Å². The molecule has 3 rings (SSSR count). The van der Waals surface area contributed by atoms with Gasteiger partial charge in [-0.05, 0) is 60.9 Å². The van der Waals surface area contributed by atoms with E-state index >= 15 is 0 Å². The van der Waals surface area contributed by atoms with E-state index in [2.05, 4.69) is 20.4 Å². The number of nitrogens with one attached hydrogen (secondary N) is 2. The van der Waals surface area contributed by atoms with Gasteiger partial charge in [-0.15, -0.1) is 0 Å². The fourth-order valence-electron chi connectivity index (χ4n) is 3.36. The van der Waals surface area contributed by atoms with Crippen LogP contribution in [0, 0.1) is 0 Å². The Morgan fingerprint density at radius 2 is 1.77 bits per heavy atom. The summed E-state index contributed by atoms with van der Waals surface area (Å²) in [5, 5.41) is 15.3. The number of carbonyl (C=O) groups excluding carboxylic acids is 2. The van der Waals surface area contributed by atoms with Crippen molar-refractivity contribution in [1.29, 1.82) is 0 Å². The summed E-state index contributed by atoms with van der Waals surface area (Å²) < 4.78 is 43.6. The minimum atomic E-state index is -4.41. The number of anilines is 2. The van der Waals surface area contributed by atoms with Crippen molar-refractivity contribution < 1.29 is 32.6 Å². The number of nitrogens with zero attached hydrogens (tertiary/aromatic N) is 1. The summed E-state index contributed by atoms with van der Waals surface area (Å²) in [6.45, 7) is 1.36. The van der Waals surface area contributed by atoms with Crippen molar-refractivity contribution in [2.24, 2.45) is 0 Å². The van der Waals surface area contributed by atoms with E-state index < -0.39 is 35.8 Å². The van der Waals surface area contributed by atoms with E-state index in [0.717, 1.165) is 24.8 Å². The molecule has 0 aliphatic rings. The third-order valence-electron chi connectivity index (χ3n) is 5.11. The van der Waals surface area contributed by atoms with E-state index in [4.69, 9.17) is 0 Å². The summed E-state index contributed by atoms with van der Waals surface area (Å²) in [6, 6.07) is 13.7. The lowest BCUT2D eigenvalue weighted by Crippen LogP contribution is -2.48. The van der Waals surface area contributed by atoms with Crippen LogP contribution in [0.25, 0.3) is 0 Å². The zero-order valence-corrected chi connectivity index (χ0v) is 19.0. The zero-order chi connectivity index (χ0) is 25.6. The third-order valence-corrected chi connectivity index (χ3v) is 5.11. The fourth-order valence-corrected chi connectivity index (χ4v) is 3.36. The number of ether oxygens (including phenoxy) is 1. The number of halogens is 3. The number of methoxy groups -OCH3 is 1. The quantitative estimate of drug-likeness (QED) is 0.414. The third kappa shape index (κ3) is 7.03. The first-order valence-electron chi connectivity index (χ1n) is 10.6. The molecular formula is C25H24F3N3O4. The maximum absolute atomic E-state index is 13.0. The number of esters is 1. The highest BCUT2D eigenvalue weighted by atomic mass is 19.4. The topological polar surface area (TPSA) is 101 Å². The van der Waals surface area contributed by atoms with Crippen LogP contribution in [0.5, 0.6) is 0 Å². The molecule has 3 aromatic rings. The van der Waals surface area contributed by atoms with Gasteiger partial charge in [0.2, 0.25) is 0 Å². The molecule has 2 aromatic carbocycles. The fraction of sp³-hybridized carbons (Fsp3) is 0.240. The van der Waals surface area contributed by atoms with Crippen LogP contribution < -0.4 is 10.6 Å². The maximum Gasteiger partial charge on any atom is 0.416 e. The van der Waals surface area contributed by atoms with Gasteiger partial charge in [0.25, 0.3) is 5.91 Å². The summed E-state index contributed by atoms with van der Waals surface area (Å²) in [7, 11) is 1.16. The normalized spacial score (nSPS) is 13.0. The Bertz CT molecular complexity index is 1200. The number of benzene rings is 2. The van der Waals surface area contributed by atoms with E-state index in [1.165, 1.54) is 31.3 Å². The van der Waals surface area contributed by atoms with E-state index in [1.54, 1.807) is 30.3 Å². The molecule has 1 heterocycles. The van der Waals surface area contributed by atoms with Crippen LogP contribution in [0.4, 0.5) is 24.7 Å². The Morgan fingerprint density at radius 1 is 1.06 bits per heavy atom. The number of hydrogen-bond donors (Lipinski definition) is 3. The first kappa shape index (κ1) is 25.7. The first-order chi connectivity index (χ1) is 16.6. The van der Waals surface area contributed by atoms with Gasteiger partial charge in [0.05, 0.1) is 18.8 Å². The standard InChI is InChI=1S/C25H24F3N3O4/c1-15(32)22(24(34)35-2)31-23(33)18-6-4-8-20(14-18)30-21-13-17(9-10-29-21)11-16-5-3-7-19(12-16)25(26,27)28/h3-10,12-15,22,32H,11H2,1-2H3,(H,29,30)(H,31,33)/t15-,22+/m1/s1. The molecule has 0 radical (unpaired) electrons. The molecule has 3 N–H and O–H groups in total. The highest BCUT2D eigenvalue weighted by Gasteiger charge is 2.30. The monoisotopic (exact) mass is 487 g/mol. The van der Waals surface area contributed by atoms with Gasteiger partial charge in [0.1, 0.15) is 5.82 Å². The molecule has 0 spiro atoms. The highest BCUT2D eigenvalue weighted by Crippen LogP contribution is 2.30. The number of rotatable bonds is 8. The van der Waals surface area contributed by atoms with Crippen molar-refractivity contribution in [1.82, 2.24) is 10.3 Å². The Hall–Kier alpha value is -3.92. The number of aliphatic hydroxyl groups is 1. The molecular weight excluding hydrogens is 463 g/mol. The highest BCUT2D eigenvalue weighted by molar-refractivity contribution is 5.97. The smallest absolute Gasteiger partial charge is 0.416 e. The lowest BCUT2D eigenvalue weighted by molar-refractivity contribution is -0.145. The summed E-state index contributed by atoms with van der Waals surface area (Å²) in [5.74, 6) is -0.927. The summed E-state index contributed by atoms with van der Waals surface area (Å²) in [6.07, 6.45) is -3.76. The molecule has 7 nitrogen and oxygen atoms in total. The zero-order valence-electron chi connectivity index (χ0n) is 19.0. The molecule has 0 unspecified atom stereocenters. The molecule has 0 aliphatic carbocycles. The van der Waals surface area contributed by atoms with Crippen molar-refractivity contribution in [2.75, 3.05) is 12.4 Å². The summed E-state index contributed by atoms with van der Waals surface area (Å²) >= 11 is 0. The average molecular weight is 487 g/mol. The largest absolute Gasteiger partial charge is 0.467 e. The molecule has 0 aliphatic heterocycles. The molecule has 10 heteroatoms. The van der Waals surface area contributed by atoms with Crippen molar-refractivity contribution in [2.45, 2.75) is 31.7 Å². The van der Waals surface area contributed by atoms with Crippen molar-refractivity contribution >= 4 is 23.4 Å². The molecule has 1 aromatic heterocycles. The van der Waals surface area contributed by atoms with Crippen LogP contribution in [-0.2, 0) is 22.1 Å². The number of aromatic nitrogens is 1. The number of carbonyl (C=O) groups is 2.